The van der Waals surface area contributed by atoms with Gasteiger partial charge in [-0.1, -0.05) is 0 Å². The smallest absolute Gasteiger partial charge is 0.218 e. The lowest BCUT2D eigenvalue weighted by molar-refractivity contribution is 0.176. The van der Waals surface area contributed by atoms with Crippen molar-refractivity contribution in [1.29, 1.82) is 0 Å². The largest absolute Gasteiger partial charge is 0.393 e. The lowest BCUT2D eigenvalue weighted by Gasteiger charge is -2.03. The summed E-state index contributed by atoms with van der Waals surface area (Å²) >= 11 is 6.40. The summed E-state index contributed by atoms with van der Waals surface area (Å²) in [6, 6.07) is 0. The molecule has 68 valence electrons. The summed E-state index contributed by atoms with van der Waals surface area (Å²) in [5.41, 5.74) is 0. The molecule has 1 aromatic rings. The highest BCUT2D eigenvalue weighted by Gasteiger charge is 2.05. The average Bonchev–Trinajstić information content (AvgIpc) is 2.26. The Hall–Kier alpha value is 0.0600. The summed E-state index contributed by atoms with van der Waals surface area (Å²) in [7, 11) is 0. The first-order chi connectivity index (χ1) is 5.59. The van der Waals surface area contributed by atoms with Crippen molar-refractivity contribution in [1.82, 2.24) is 14.8 Å². The van der Waals surface area contributed by atoms with Crippen molar-refractivity contribution in [3.8, 4) is 0 Å². The number of halogens is 2. The summed E-state index contributed by atoms with van der Waals surface area (Å²) in [6.45, 7) is 2.41. The average molecular weight is 299 g/mol. The molecule has 0 amide bonds. The van der Waals surface area contributed by atoms with E-state index in [0.717, 1.165) is 0 Å². The second-order valence-corrected chi connectivity index (χ2v) is 3.93. The Morgan fingerprint density at radius 3 is 2.67 bits per heavy atom. The molecule has 0 aliphatic carbocycles. The normalized spacial score (nSPS) is 13.3. The molecule has 0 fully saturated rings. The van der Waals surface area contributed by atoms with E-state index in [1.165, 1.54) is 0 Å². The number of aromatic nitrogens is 3. The van der Waals surface area contributed by atoms with Crippen molar-refractivity contribution in [2.45, 2.75) is 26.0 Å². The van der Waals surface area contributed by atoms with Crippen LogP contribution >= 0.6 is 31.9 Å². The molecule has 1 rings (SSSR count). The first-order valence-electron chi connectivity index (χ1n) is 3.53. The van der Waals surface area contributed by atoms with E-state index in [0.29, 0.717) is 22.4 Å². The van der Waals surface area contributed by atoms with Crippen LogP contribution < -0.4 is 0 Å². The van der Waals surface area contributed by atoms with E-state index in [1.807, 2.05) is 0 Å². The van der Waals surface area contributed by atoms with Crippen LogP contribution in [0.15, 0.2) is 9.47 Å². The quantitative estimate of drug-likeness (QED) is 0.922. The topological polar surface area (TPSA) is 50.9 Å². The molecule has 6 heteroatoms. The van der Waals surface area contributed by atoms with Gasteiger partial charge in [-0.05, 0) is 45.2 Å². The maximum Gasteiger partial charge on any atom is 0.218 e. The molecule has 0 saturated heterocycles. The number of hydrogen-bond donors (Lipinski definition) is 1. The highest BCUT2D eigenvalue weighted by molar-refractivity contribution is 9.11. The molecule has 1 heterocycles. The molecule has 1 N–H and O–H groups in total. The van der Waals surface area contributed by atoms with Crippen molar-refractivity contribution >= 4 is 31.9 Å². The number of rotatable bonds is 3. The van der Waals surface area contributed by atoms with Crippen LogP contribution in [-0.2, 0) is 6.54 Å². The molecule has 1 atom stereocenters. The summed E-state index contributed by atoms with van der Waals surface area (Å²) in [5, 5.41) is 13.1. The van der Waals surface area contributed by atoms with Crippen molar-refractivity contribution in [3.63, 3.8) is 0 Å². The highest BCUT2D eigenvalue weighted by Crippen LogP contribution is 2.11. The van der Waals surface area contributed by atoms with Gasteiger partial charge in [0.1, 0.15) is 0 Å². The minimum Gasteiger partial charge on any atom is -0.393 e. The number of aliphatic hydroxyl groups excluding tert-OH is 1. The fraction of sp³-hybridized carbons (Fsp3) is 0.667. The van der Waals surface area contributed by atoms with Crippen molar-refractivity contribution in [2.75, 3.05) is 0 Å². The van der Waals surface area contributed by atoms with Gasteiger partial charge in [-0.15, -0.1) is 5.10 Å². The molecule has 4 nitrogen and oxygen atoms in total. The summed E-state index contributed by atoms with van der Waals surface area (Å²) in [6.07, 6.45) is 0.369. The monoisotopic (exact) mass is 297 g/mol. The maximum absolute atomic E-state index is 9.02. The molecule has 0 spiro atoms. The standard InChI is InChI=1S/C6H9Br2N3O/c1-4(12)2-3-11-6(8)9-5(7)10-11/h4,12H,2-3H2,1H3. The van der Waals surface area contributed by atoms with Crippen LogP contribution in [0.4, 0.5) is 0 Å². The van der Waals surface area contributed by atoms with Crippen molar-refractivity contribution in [2.24, 2.45) is 0 Å². The van der Waals surface area contributed by atoms with Gasteiger partial charge in [0.15, 0.2) is 4.73 Å². The van der Waals surface area contributed by atoms with Crippen LogP contribution in [0.25, 0.3) is 0 Å². The predicted octanol–water partition coefficient (Wildman–Crippen LogP) is 1.57. The van der Waals surface area contributed by atoms with Crippen LogP contribution in [0.5, 0.6) is 0 Å². The summed E-state index contributed by atoms with van der Waals surface area (Å²) in [4.78, 5) is 3.99. The third-order valence-electron chi connectivity index (χ3n) is 1.36. The van der Waals surface area contributed by atoms with Crippen molar-refractivity contribution in [3.05, 3.63) is 9.47 Å². The van der Waals surface area contributed by atoms with Crippen LogP contribution in [0.1, 0.15) is 13.3 Å². The van der Waals surface area contributed by atoms with Crippen LogP contribution in [-0.4, -0.2) is 26.0 Å². The Morgan fingerprint density at radius 2 is 2.25 bits per heavy atom. The lowest BCUT2D eigenvalue weighted by atomic mass is 10.3. The Morgan fingerprint density at radius 1 is 1.58 bits per heavy atom. The maximum atomic E-state index is 9.02. The van der Waals surface area contributed by atoms with E-state index in [-0.39, 0.29) is 6.10 Å². The zero-order valence-corrected chi connectivity index (χ0v) is 9.71. The number of hydrogen-bond acceptors (Lipinski definition) is 3. The van der Waals surface area contributed by atoms with Gasteiger partial charge in [0, 0.05) is 6.54 Å². The molecule has 1 aromatic heterocycles. The van der Waals surface area contributed by atoms with E-state index >= 15 is 0 Å². The third kappa shape index (κ3) is 2.84. The van der Waals surface area contributed by atoms with E-state index in [1.54, 1.807) is 11.6 Å². The predicted molar refractivity (Wildman–Crippen MR) is 51.7 cm³/mol. The van der Waals surface area contributed by atoms with Crippen LogP contribution in [0.3, 0.4) is 0 Å². The van der Waals surface area contributed by atoms with E-state index in [9.17, 15) is 0 Å². The molecular weight excluding hydrogens is 290 g/mol. The SMILES string of the molecule is CC(O)CCn1nc(Br)nc1Br. The molecule has 1 unspecified atom stereocenters. The summed E-state index contributed by atoms with van der Waals surface area (Å²) in [5.74, 6) is 0. The lowest BCUT2D eigenvalue weighted by Crippen LogP contribution is -2.08. The van der Waals surface area contributed by atoms with Gasteiger partial charge in [0.2, 0.25) is 4.73 Å². The van der Waals surface area contributed by atoms with Crippen LogP contribution in [0, 0.1) is 0 Å². The second-order valence-electron chi connectivity index (χ2n) is 2.51. The Labute approximate surface area is 87.2 Å². The Kier molecular flexibility index (Phi) is 3.67. The fourth-order valence-electron chi connectivity index (χ4n) is 0.748. The molecule has 0 bridgehead atoms. The molecule has 0 aliphatic rings. The van der Waals surface area contributed by atoms with Gasteiger partial charge in [-0.25, -0.2) is 4.68 Å². The van der Waals surface area contributed by atoms with E-state index in [2.05, 4.69) is 41.9 Å². The first kappa shape index (κ1) is 10.1. The fourth-order valence-corrected chi connectivity index (χ4v) is 1.77. The minimum atomic E-state index is -0.306. The van der Waals surface area contributed by atoms with Gasteiger partial charge in [-0.3, -0.25) is 0 Å². The molecular formula is C6H9Br2N3O. The van der Waals surface area contributed by atoms with Crippen molar-refractivity contribution < 1.29 is 5.11 Å². The van der Waals surface area contributed by atoms with Gasteiger partial charge in [0.05, 0.1) is 6.10 Å². The zero-order chi connectivity index (χ0) is 9.14. The highest BCUT2D eigenvalue weighted by atomic mass is 79.9. The van der Waals surface area contributed by atoms with Gasteiger partial charge >= 0.3 is 0 Å². The molecule has 0 aliphatic heterocycles. The number of aliphatic hydroxyl groups is 1. The molecule has 0 aromatic carbocycles. The Balaban J connectivity index is 2.57. The van der Waals surface area contributed by atoms with Gasteiger partial charge in [-0.2, -0.15) is 4.98 Å². The van der Waals surface area contributed by atoms with Crippen LogP contribution in [0.2, 0.25) is 0 Å². The molecule has 12 heavy (non-hydrogen) atoms. The third-order valence-corrected chi connectivity index (χ3v) is 2.28. The van der Waals surface area contributed by atoms with Gasteiger partial charge in [0.25, 0.3) is 0 Å². The minimum absolute atomic E-state index is 0.306. The van der Waals surface area contributed by atoms with E-state index < -0.39 is 0 Å². The molecule has 0 saturated carbocycles. The summed E-state index contributed by atoms with van der Waals surface area (Å²) < 4.78 is 2.92. The van der Waals surface area contributed by atoms with E-state index in [4.69, 9.17) is 5.11 Å². The second kappa shape index (κ2) is 4.34. The molecule has 0 radical (unpaired) electrons. The zero-order valence-electron chi connectivity index (χ0n) is 6.54. The first-order valence-corrected chi connectivity index (χ1v) is 5.12. The number of nitrogens with zero attached hydrogens (tertiary/aromatic N) is 3. The Bertz CT molecular complexity index is 261. The van der Waals surface area contributed by atoms with Gasteiger partial charge < -0.3 is 5.11 Å². The number of aryl methyl sites for hydroxylation is 1.